The van der Waals surface area contributed by atoms with E-state index in [1.807, 2.05) is 36.4 Å². The summed E-state index contributed by atoms with van der Waals surface area (Å²) in [6.07, 6.45) is 0. The van der Waals surface area contributed by atoms with Gasteiger partial charge < -0.3 is 0 Å². The van der Waals surface area contributed by atoms with Crippen LogP contribution in [0.2, 0.25) is 0 Å². The first-order valence-corrected chi connectivity index (χ1v) is 9.09. The zero-order valence-electron chi connectivity index (χ0n) is 14.2. The molecule has 9 nitrogen and oxygen atoms in total. The van der Waals surface area contributed by atoms with E-state index in [0.29, 0.717) is 27.1 Å². The zero-order valence-corrected chi connectivity index (χ0v) is 15.0. The Kier molecular flexibility index (Phi) is 3.69. The Bertz CT molecular complexity index is 1310. The molecule has 0 saturated heterocycles. The van der Waals surface area contributed by atoms with Crippen LogP contribution < -0.4 is 0 Å². The summed E-state index contributed by atoms with van der Waals surface area (Å²) in [6, 6.07) is 18.0. The molecule has 1 N–H and O–H groups in total. The average molecular weight is 389 g/mol. The molecule has 5 rings (SSSR count). The molecule has 0 aliphatic rings. The first kappa shape index (κ1) is 16.3. The molecule has 0 unspecified atom stereocenters. The van der Waals surface area contributed by atoms with Crippen molar-refractivity contribution < 1.29 is 4.92 Å². The lowest BCUT2D eigenvalue weighted by molar-refractivity contribution is -0.384. The Balaban J connectivity index is 1.55. The zero-order chi connectivity index (χ0) is 19.1. The van der Waals surface area contributed by atoms with Crippen LogP contribution in [0.15, 0.2) is 60.7 Å². The van der Waals surface area contributed by atoms with Gasteiger partial charge in [0.25, 0.3) is 5.69 Å². The Morgan fingerprint density at radius 1 is 1.00 bits per heavy atom. The number of hydrogen-bond donors (Lipinski definition) is 1. The molecule has 5 aromatic rings. The van der Waals surface area contributed by atoms with Gasteiger partial charge in [-0.05, 0) is 6.07 Å². The van der Waals surface area contributed by atoms with Crippen molar-refractivity contribution in [3.05, 3.63) is 70.8 Å². The van der Waals surface area contributed by atoms with Crippen LogP contribution in [-0.4, -0.2) is 34.9 Å². The summed E-state index contributed by atoms with van der Waals surface area (Å²) in [4.78, 5) is 11.2. The summed E-state index contributed by atoms with van der Waals surface area (Å²) in [6.45, 7) is 0. The molecule has 136 valence electrons. The number of non-ortho nitro benzene ring substituents is 1. The number of nitrogens with one attached hydrogen (secondary N) is 1. The van der Waals surface area contributed by atoms with E-state index in [9.17, 15) is 10.1 Å². The lowest BCUT2D eigenvalue weighted by atomic mass is 10.1. The minimum absolute atomic E-state index is 0.0183. The molecule has 3 aromatic heterocycles. The van der Waals surface area contributed by atoms with Crippen LogP contribution in [0, 0.1) is 10.1 Å². The van der Waals surface area contributed by atoms with Crippen molar-refractivity contribution in [1.82, 2.24) is 30.0 Å². The number of H-pyrrole nitrogens is 1. The van der Waals surface area contributed by atoms with E-state index in [2.05, 4.69) is 25.5 Å². The minimum atomic E-state index is -0.426. The second-order valence-electron chi connectivity index (χ2n) is 5.97. The number of nitrogens with zero attached hydrogens (tertiary/aromatic N) is 6. The predicted molar refractivity (Wildman–Crippen MR) is 104 cm³/mol. The molecule has 0 radical (unpaired) electrons. The third kappa shape index (κ3) is 2.72. The van der Waals surface area contributed by atoms with Gasteiger partial charge >= 0.3 is 0 Å². The van der Waals surface area contributed by atoms with Gasteiger partial charge in [-0.1, -0.05) is 53.8 Å². The summed E-state index contributed by atoms with van der Waals surface area (Å²) in [5.74, 6) is 0.526. The second-order valence-corrected chi connectivity index (χ2v) is 6.92. The molecular weight excluding hydrogens is 378 g/mol. The minimum Gasteiger partial charge on any atom is -0.274 e. The number of benzene rings is 2. The van der Waals surface area contributed by atoms with Crippen molar-refractivity contribution in [1.29, 1.82) is 0 Å². The monoisotopic (exact) mass is 389 g/mol. The molecule has 3 heterocycles. The van der Waals surface area contributed by atoms with E-state index in [1.54, 1.807) is 16.6 Å². The quantitative estimate of drug-likeness (QED) is 0.369. The average Bonchev–Trinajstić information content (AvgIpc) is 3.44. The topological polar surface area (TPSA) is 115 Å². The van der Waals surface area contributed by atoms with E-state index in [0.717, 1.165) is 11.3 Å². The lowest BCUT2D eigenvalue weighted by Gasteiger charge is -1.96. The van der Waals surface area contributed by atoms with Crippen LogP contribution in [0.3, 0.4) is 0 Å². The molecule has 0 aliphatic heterocycles. The highest BCUT2D eigenvalue weighted by molar-refractivity contribution is 7.19. The van der Waals surface area contributed by atoms with Crippen LogP contribution in [-0.2, 0) is 0 Å². The molecular formula is C18H11N7O2S. The number of hydrogen-bond acceptors (Lipinski definition) is 7. The summed E-state index contributed by atoms with van der Waals surface area (Å²) < 4.78 is 1.61. The Morgan fingerprint density at radius 3 is 2.64 bits per heavy atom. The van der Waals surface area contributed by atoms with Crippen molar-refractivity contribution in [3.8, 4) is 33.3 Å². The molecule has 28 heavy (non-hydrogen) atoms. The first-order chi connectivity index (χ1) is 13.7. The second kappa shape index (κ2) is 6.35. The van der Waals surface area contributed by atoms with Gasteiger partial charge in [-0.2, -0.15) is 14.7 Å². The van der Waals surface area contributed by atoms with E-state index in [4.69, 9.17) is 0 Å². The van der Waals surface area contributed by atoms with Crippen LogP contribution in [0.25, 0.3) is 38.3 Å². The van der Waals surface area contributed by atoms with Gasteiger partial charge in [-0.25, -0.2) is 0 Å². The number of aromatic amines is 1. The Labute approximate surface area is 161 Å². The van der Waals surface area contributed by atoms with Crippen molar-refractivity contribution >= 4 is 22.0 Å². The largest absolute Gasteiger partial charge is 0.274 e. The summed E-state index contributed by atoms with van der Waals surface area (Å²) >= 11 is 1.31. The molecule has 2 aromatic carbocycles. The molecule has 0 saturated carbocycles. The van der Waals surface area contributed by atoms with Gasteiger partial charge in [0.15, 0.2) is 0 Å². The maximum atomic E-state index is 11.0. The highest BCUT2D eigenvalue weighted by atomic mass is 32.1. The lowest BCUT2D eigenvalue weighted by Crippen LogP contribution is -1.92. The van der Waals surface area contributed by atoms with Gasteiger partial charge in [0.1, 0.15) is 10.7 Å². The SMILES string of the molecule is O=[N+]([O-])c1cccc(-c2nn3c(-c4cc(-c5ccccc5)n[nH]4)nnc3s2)c1. The number of nitro groups is 1. The maximum Gasteiger partial charge on any atom is 0.270 e. The van der Waals surface area contributed by atoms with Crippen LogP contribution >= 0.6 is 11.3 Å². The van der Waals surface area contributed by atoms with E-state index in [1.165, 1.54) is 23.5 Å². The fourth-order valence-electron chi connectivity index (χ4n) is 2.85. The van der Waals surface area contributed by atoms with Gasteiger partial charge in [0.05, 0.1) is 10.6 Å². The molecule has 0 bridgehead atoms. The third-order valence-corrected chi connectivity index (χ3v) is 5.13. The van der Waals surface area contributed by atoms with E-state index >= 15 is 0 Å². The number of nitro benzene ring substituents is 1. The summed E-state index contributed by atoms with van der Waals surface area (Å²) in [7, 11) is 0. The molecule has 10 heteroatoms. The predicted octanol–water partition coefficient (Wildman–Crippen LogP) is 3.82. The van der Waals surface area contributed by atoms with Crippen molar-refractivity contribution in [2.75, 3.05) is 0 Å². The standard InChI is InChI=1S/C18H11N7O2S/c26-25(27)13-8-4-7-12(9-13)17-23-24-16(21-22-18(24)28-17)15-10-14(19-20-15)11-5-2-1-3-6-11/h1-10H,(H,19,20). The molecule has 0 aliphatic carbocycles. The third-order valence-electron chi connectivity index (χ3n) is 4.18. The number of fused-ring (bicyclic) bond motifs is 1. The number of aromatic nitrogens is 6. The van der Waals surface area contributed by atoms with Crippen LogP contribution in [0.1, 0.15) is 0 Å². The van der Waals surface area contributed by atoms with Gasteiger partial charge in [-0.3, -0.25) is 15.2 Å². The Hall–Kier alpha value is -3.92. The van der Waals surface area contributed by atoms with Crippen molar-refractivity contribution in [2.45, 2.75) is 0 Å². The Morgan fingerprint density at radius 2 is 1.82 bits per heavy atom. The highest BCUT2D eigenvalue weighted by Gasteiger charge is 2.18. The maximum absolute atomic E-state index is 11.0. The molecule has 0 amide bonds. The fourth-order valence-corrected chi connectivity index (χ4v) is 3.68. The van der Waals surface area contributed by atoms with E-state index in [-0.39, 0.29) is 5.69 Å². The van der Waals surface area contributed by atoms with E-state index < -0.39 is 4.92 Å². The van der Waals surface area contributed by atoms with Gasteiger partial charge in [-0.15, -0.1) is 10.2 Å². The van der Waals surface area contributed by atoms with Crippen LogP contribution in [0.5, 0.6) is 0 Å². The summed E-state index contributed by atoms with van der Waals surface area (Å²) in [5.41, 5.74) is 3.14. The van der Waals surface area contributed by atoms with Crippen molar-refractivity contribution in [3.63, 3.8) is 0 Å². The first-order valence-electron chi connectivity index (χ1n) is 8.27. The fraction of sp³-hybridized carbons (Fsp3) is 0. The molecule has 0 fully saturated rings. The van der Waals surface area contributed by atoms with Gasteiger partial charge in [0.2, 0.25) is 10.8 Å². The highest BCUT2D eigenvalue weighted by Crippen LogP contribution is 2.30. The van der Waals surface area contributed by atoms with Crippen LogP contribution in [0.4, 0.5) is 5.69 Å². The summed E-state index contributed by atoms with van der Waals surface area (Å²) in [5, 5.41) is 31.9. The normalized spacial score (nSPS) is 11.1. The molecule has 0 atom stereocenters. The molecule has 0 spiro atoms. The van der Waals surface area contributed by atoms with Gasteiger partial charge in [0, 0.05) is 23.3 Å². The van der Waals surface area contributed by atoms with Crippen molar-refractivity contribution in [2.24, 2.45) is 0 Å². The number of rotatable bonds is 4. The smallest absolute Gasteiger partial charge is 0.270 e.